The number of hydrogen-bond acceptors (Lipinski definition) is 7. The van der Waals surface area contributed by atoms with Crippen LogP contribution >= 0.6 is 0 Å². The highest BCUT2D eigenvalue weighted by Crippen LogP contribution is 2.25. The number of pyridine rings is 1. The maximum Gasteiger partial charge on any atom is 0.264 e. The van der Waals surface area contributed by atoms with E-state index in [2.05, 4.69) is 15.1 Å². The van der Waals surface area contributed by atoms with Gasteiger partial charge in [0, 0.05) is 24.8 Å². The number of aromatic nitrogens is 5. The van der Waals surface area contributed by atoms with E-state index in [1.807, 2.05) is 42.5 Å². The first-order valence-electron chi connectivity index (χ1n) is 13.2. The Balaban J connectivity index is 1.12. The molecule has 0 aliphatic carbocycles. The molecule has 1 aliphatic rings. The number of likely N-dealkylation sites (tertiary alicyclic amines) is 1. The average molecular weight is 555 g/mol. The lowest BCUT2D eigenvalue weighted by molar-refractivity contribution is -0.0299. The third-order valence-corrected chi connectivity index (χ3v) is 7.29. The van der Waals surface area contributed by atoms with Crippen molar-refractivity contribution in [2.24, 2.45) is 0 Å². The van der Waals surface area contributed by atoms with Crippen LogP contribution in [0.2, 0.25) is 0 Å². The molecule has 3 aromatic heterocycles. The third-order valence-electron chi connectivity index (χ3n) is 7.29. The molecule has 1 N–H and O–H groups in total. The van der Waals surface area contributed by atoms with Crippen molar-refractivity contribution < 1.29 is 19.0 Å². The number of carbonyl (C=O) groups excluding carboxylic acids is 1. The number of hydrogen-bond donors (Lipinski definition) is 1. The fourth-order valence-electron chi connectivity index (χ4n) is 4.95. The van der Waals surface area contributed by atoms with Gasteiger partial charge in [-0.2, -0.15) is 5.10 Å². The molecule has 0 atom stereocenters. The number of aliphatic hydroxyl groups is 1. The van der Waals surface area contributed by atoms with Crippen LogP contribution in [0.1, 0.15) is 28.9 Å². The van der Waals surface area contributed by atoms with Crippen molar-refractivity contribution in [1.29, 1.82) is 0 Å². The van der Waals surface area contributed by atoms with Gasteiger partial charge in [0.15, 0.2) is 5.65 Å². The molecule has 0 unspecified atom stereocenters. The van der Waals surface area contributed by atoms with Gasteiger partial charge in [-0.25, -0.2) is 14.1 Å². The summed E-state index contributed by atoms with van der Waals surface area (Å²) in [6.07, 6.45) is 5.19. The Morgan fingerprint density at radius 3 is 2.46 bits per heavy atom. The van der Waals surface area contributed by atoms with E-state index in [0.717, 1.165) is 5.69 Å². The molecule has 2 aromatic carbocycles. The minimum absolute atomic E-state index is 0.0425. The number of ether oxygens (including phenoxy) is 1. The monoisotopic (exact) mass is 554 g/mol. The molecule has 208 valence electrons. The summed E-state index contributed by atoms with van der Waals surface area (Å²) < 4.78 is 22.0. The summed E-state index contributed by atoms with van der Waals surface area (Å²) in [6.45, 7) is 1.02. The molecule has 1 fully saturated rings. The first kappa shape index (κ1) is 26.3. The molecule has 0 bridgehead atoms. The Labute approximate surface area is 234 Å². The summed E-state index contributed by atoms with van der Waals surface area (Å²) in [5, 5.41) is 15.9. The van der Waals surface area contributed by atoms with Crippen molar-refractivity contribution in [3.63, 3.8) is 0 Å². The van der Waals surface area contributed by atoms with Crippen LogP contribution in [0.5, 0.6) is 5.75 Å². The highest BCUT2D eigenvalue weighted by Gasteiger charge is 2.35. The van der Waals surface area contributed by atoms with Crippen LogP contribution in [0.3, 0.4) is 0 Å². The number of carbonyl (C=O) groups is 1. The van der Waals surface area contributed by atoms with Crippen molar-refractivity contribution in [2.75, 3.05) is 13.1 Å². The van der Waals surface area contributed by atoms with Gasteiger partial charge in [0.25, 0.3) is 11.5 Å². The maximum atomic E-state index is 13.3. The molecule has 5 aromatic rings. The number of piperidine rings is 1. The first-order valence-corrected chi connectivity index (χ1v) is 13.2. The number of nitrogens with zero attached hydrogens (tertiary/aromatic N) is 6. The number of rotatable bonds is 7. The van der Waals surface area contributed by atoms with E-state index in [4.69, 9.17) is 4.74 Å². The number of benzene rings is 2. The van der Waals surface area contributed by atoms with Gasteiger partial charge in [0.1, 0.15) is 29.9 Å². The second kappa shape index (κ2) is 10.9. The fourth-order valence-corrected chi connectivity index (χ4v) is 4.95. The van der Waals surface area contributed by atoms with Crippen LogP contribution in [-0.2, 0) is 13.2 Å². The van der Waals surface area contributed by atoms with Crippen molar-refractivity contribution >= 4 is 16.9 Å². The third kappa shape index (κ3) is 5.57. The summed E-state index contributed by atoms with van der Waals surface area (Å²) in [6, 6.07) is 18.3. The van der Waals surface area contributed by atoms with Gasteiger partial charge in [-0.1, -0.05) is 6.07 Å². The van der Waals surface area contributed by atoms with E-state index in [1.54, 1.807) is 15.8 Å². The maximum absolute atomic E-state index is 13.3. The van der Waals surface area contributed by atoms with E-state index >= 15 is 0 Å². The summed E-state index contributed by atoms with van der Waals surface area (Å²) >= 11 is 0. The molecule has 1 amide bonds. The lowest BCUT2D eigenvalue weighted by atomic mass is 9.91. The SMILES string of the molecule is O=C(c1ccc(F)cc1)N1CCC(O)(Cn2cnc3c(cnn3-c3ccc(OCc4ccccn4)cc3)c2=O)CC1. The van der Waals surface area contributed by atoms with Crippen LogP contribution in [0.4, 0.5) is 4.39 Å². The minimum Gasteiger partial charge on any atom is -0.487 e. The molecule has 41 heavy (non-hydrogen) atoms. The second-order valence-corrected chi connectivity index (χ2v) is 10.1. The molecule has 0 saturated carbocycles. The van der Waals surface area contributed by atoms with Crippen molar-refractivity contribution in [2.45, 2.75) is 31.6 Å². The second-order valence-electron chi connectivity index (χ2n) is 10.1. The van der Waals surface area contributed by atoms with E-state index in [0.29, 0.717) is 60.6 Å². The Morgan fingerprint density at radius 1 is 1.00 bits per heavy atom. The van der Waals surface area contributed by atoms with Crippen LogP contribution in [0, 0.1) is 5.82 Å². The van der Waals surface area contributed by atoms with Crippen LogP contribution in [-0.4, -0.2) is 58.9 Å². The van der Waals surface area contributed by atoms with E-state index in [1.165, 1.54) is 41.4 Å². The van der Waals surface area contributed by atoms with Gasteiger partial charge in [0.2, 0.25) is 0 Å². The predicted octanol–water partition coefficient (Wildman–Crippen LogP) is 3.36. The summed E-state index contributed by atoms with van der Waals surface area (Å²) in [4.78, 5) is 36.4. The van der Waals surface area contributed by atoms with Crippen molar-refractivity contribution in [3.05, 3.63) is 113 Å². The average Bonchev–Trinajstić information content (AvgIpc) is 3.44. The van der Waals surface area contributed by atoms with Gasteiger partial charge in [-0.3, -0.25) is 19.1 Å². The Morgan fingerprint density at radius 2 is 1.76 bits per heavy atom. The van der Waals surface area contributed by atoms with E-state index in [-0.39, 0.29) is 18.0 Å². The van der Waals surface area contributed by atoms with E-state index < -0.39 is 11.4 Å². The van der Waals surface area contributed by atoms with Gasteiger partial charge in [0.05, 0.1) is 29.7 Å². The molecule has 0 spiro atoms. The number of fused-ring (bicyclic) bond motifs is 1. The molecule has 4 heterocycles. The molecule has 1 saturated heterocycles. The lowest BCUT2D eigenvalue weighted by Crippen LogP contribution is -2.49. The molecule has 0 radical (unpaired) electrons. The lowest BCUT2D eigenvalue weighted by Gasteiger charge is -2.38. The zero-order valence-corrected chi connectivity index (χ0v) is 22.1. The highest BCUT2D eigenvalue weighted by molar-refractivity contribution is 5.94. The predicted molar refractivity (Wildman–Crippen MR) is 148 cm³/mol. The van der Waals surface area contributed by atoms with Crippen molar-refractivity contribution in [3.8, 4) is 11.4 Å². The van der Waals surface area contributed by atoms with Crippen LogP contribution < -0.4 is 10.3 Å². The largest absolute Gasteiger partial charge is 0.487 e. The normalized spacial score (nSPS) is 14.7. The molecular formula is C30H27FN6O4. The molecule has 6 rings (SSSR count). The smallest absolute Gasteiger partial charge is 0.264 e. The van der Waals surface area contributed by atoms with Gasteiger partial charge in [-0.15, -0.1) is 0 Å². The van der Waals surface area contributed by atoms with Gasteiger partial charge < -0.3 is 14.7 Å². The number of amides is 1. The van der Waals surface area contributed by atoms with E-state index in [9.17, 15) is 19.1 Å². The molecule has 1 aliphatic heterocycles. The Bertz CT molecular complexity index is 1730. The highest BCUT2D eigenvalue weighted by atomic mass is 19.1. The van der Waals surface area contributed by atoms with Gasteiger partial charge in [-0.05, 0) is 73.5 Å². The molecule has 11 heteroatoms. The first-order chi connectivity index (χ1) is 19.9. The van der Waals surface area contributed by atoms with Crippen LogP contribution in [0.15, 0.2) is 90.2 Å². The number of halogens is 1. The zero-order valence-electron chi connectivity index (χ0n) is 22.1. The fraction of sp³-hybridized carbons (Fsp3) is 0.233. The Hall–Kier alpha value is -4.90. The zero-order chi connectivity index (χ0) is 28.4. The molecule has 10 nitrogen and oxygen atoms in total. The van der Waals surface area contributed by atoms with Crippen molar-refractivity contribution in [1.82, 2.24) is 29.2 Å². The summed E-state index contributed by atoms with van der Waals surface area (Å²) in [5.74, 6) is 0.0495. The van der Waals surface area contributed by atoms with Gasteiger partial charge >= 0.3 is 0 Å². The van der Waals surface area contributed by atoms with Crippen LogP contribution in [0.25, 0.3) is 16.7 Å². The standard InChI is InChI=1S/C30H27FN6O4/c31-22-6-4-21(5-7-22)28(38)35-15-12-30(40,13-16-35)19-36-20-33-27-26(29(36)39)17-34-37(27)24-8-10-25(11-9-24)41-18-23-3-1-2-14-32-23/h1-11,14,17,20,40H,12-13,15-16,18-19H2. The minimum atomic E-state index is -1.18. The molecular weight excluding hydrogens is 527 g/mol. The summed E-state index contributed by atoms with van der Waals surface area (Å²) in [7, 11) is 0. The topological polar surface area (TPSA) is 115 Å². The quantitative estimate of drug-likeness (QED) is 0.328. The summed E-state index contributed by atoms with van der Waals surface area (Å²) in [5.41, 5.74) is 0.844. The Kier molecular flexibility index (Phi) is 7.02.